The van der Waals surface area contributed by atoms with Gasteiger partial charge >= 0.3 is 0 Å². The number of anilines is 1. The summed E-state index contributed by atoms with van der Waals surface area (Å²) < 4.78 is 7.52. The van der Waals surface area contributed by atoms with Crippen molar-refractivity contribution in [2.75, 3.05) is 31.1 Å². The lowest BCUT2D eigenvalue weighted by Crippen LogP contribution is -2.49. The molecule has 0 spiro atoms. The molecule has 1 fully saturated rings. The van der Waals surface area contributed by atoms with Gasteiger partial charge in [-0.05, 0) is 32.9 Å². The second-order valence-electron chi connectivity index (χ2n) is 7.40. The highest BCUT2D eigenvalue weighted by molar-refractivity contribution is 5.95. The Balaban J connectivity index is 1.52. The number of amides is 1. The van der Waals surface area contributed by atoms with Gasteiger partial charge in [-0.15, -0.1) is 0 Å². The monoisotopic (exact) mass is 395 g/mol. The van der Waals surface area contributed by atoms with Crippen LogP contribution in [0.3, 0.4) is 0 Å². The molecule has 0 radical (unpaired) electrons. The average molecular weight is 395 g/mol. The Kier molecular flexibility index (Phi) is 5.04. The molecule has 1 amide bonds. The Morgan fingerprint density at radius 3 is 2.66 bits per heavy atom. The first kappa shape index (κ1) is 19.1. The second-order valence-corrected chi connectivity index (χ2v) is 7.40. The zero-order valence-corrected chi connectivity index (χ0v) is 17.2. The van der Waals surface area contributed by atoms with E-state index < -0.39 is 0 Å². The van der Waals surface area contributed by atoms with Crippen LogP contribution in [0.5, 0.6) is 5.75 Å². The van der Waals surface area contributed by atoms with Crippen molar-refractivity contribution >= 4 is 22.8 Å². The maximum Gasteiger partial charge on any atom is 0.276 e. The van der Waals surface area contributed by atoms with E-state index in [1.54, 1.807) is 29.2 Å². The van der Waals surface area contributed by atoms with Crippen LogP contribution in [0.15, 0.2) is 24.5 Å². The summed E-state index contributed by atoms with van der Waals surface area (Å²) in [5, 5.41) is 5.24. The molecule has 0 saturated carbocycles. The van der Waals surface area contributed by atoms with Gasteiger partial charge in [0.1, 0.15) is 11.6 Å². The van der Waals surface area contributed by atoms with E-state index >= 15 is 0 Å². The van der Waals surface area contributed by atoms with Crippen LogP contribution in [0.25, 0.3) is 11.0 Å². The first-order chi connectivity index (χ1) is 13.9. The molecule has 4 heterocycles. The van der Waals surface area contributed by atoms with Crippen molar-refractivity contribution in [3.05, 3.63) is 36.0 Å². The number of ether oxygens (including phenoxy) is 1. The molecule has 9 heteroatoms. The number of rotatable bonds is 4. The van der Waals surface area contributed by atoms with Crippen molar-refractivity contribution in [1.29, 1.82) is 0 Å². The van der Waals surface area contributed by atoms with Crippen molar-refractivity contribution in [3.63, 3.8) is 0 Å². The Bertz CT molecular complexity index is 1040. The number of aromatic nitrogens is 5. The number of carbonyl (C=O) groups excluding carboxylic acids is 1. The standard InChI is InChI=1S/C20H25N7O2/c1-13(2)29-16-6-5-7-21-17(16)20(28)27-10-8-26(9-11-27)19-15-12-22-25(4)18(15)23-14(3)24-19/h5-7,12-13H,8-11H2,1-4H3. The predicted molar refractivity (Wildman–Crippen MR) is 109 cm³/mol. The van der Waals surface area contributed by atoms with Gasteiger partial charge in [0.2, 0.25) is 0 Å². The zero-order valence-electron chi connectivity index (χ0n) is 17.2. The highest BCUT2D eigenvalue weighted by atomic mass is 16.5. The molecule has 1 aliphatic rings. The lowest BCUT2D eigenvalue weighted by Gasteiger charge is -2.35. The largest absolute Gasteiger partial charge is 0.489 e. The molecule has 0 aliphatic carbocycles. The van der Waals surface area contributed by atoms with E-state index in [0.717, 1.165) is 16.9 Å². The molecule has 152 valence electrons. The third kappa shape index (κ3) is 3.72. The van der Waals surface area contributed by atoms with Crippen LogP contribution in [0.2, 0.25) is 0 Å². The van der Waals surface area contributed by atoms with Crippen LogP contribution in [-0.2, 0) is 7.05 Å². The van der Waals surface area contributed by atoms with Gasteiger partial charge in [-0.2, -0.15) is 5.10 Å². The maximum absolute atomic E-state index is 13.0. The molecular formula is C20H25N7O2. The van der Waals surface area contributed by atoms with E-state index in [-0.39, 0.29) is 12.0 Å². The van der Waals surface area contributed by atoms with Crippen LogP contribution in [0, 0.1) is 6.92 Å². The summed E-state index contributed by atoms with van der Waals surface area (Å²) in [5.74, 6) is 2.00. The molecule has 29 heavy (non-hydrogen) atoms. The molecule has 0 N–H and O–H groups in total. The van der Waals surface area contributed by atoms with Gasteiger partial charge in [-0.1, -0.05) is 0 Å². The maximum atomic E-state index is 13.0. The van der Waals surface area contributed by atoms with Crippen LogP contribution in [0.4, 0.5) is 5.82 Å². The van der Waals surface area contributed by atoms with E-state index in [9.17, 15) is 4.79 Å². The van der Waals surface area contributed by atoms with Gasteiger partial charge in [-0.3, -0.25) is 9.48 Å². The summed E-state index contributed by atoms with van der Waals surface area (Å²) in [6, 6.07) is 3.57. The summed E-state index contributed by atoms with van der Waals surface area (Å²) in [7, 11) is 1.87. The molecule has 3 aromatic heterocycles. The van der Waals surface area contributed by atoms with E-state index in [2.05, 4.69) is 25.0 Å². The van der Waals surface area contributed by atoms with Gasteiger partial charge < -0.3 is 14.5 Å². The number of nitrogens with zero attached hydrogens (tertiary/aromatic N) is 7. The van der Waals surface area contributed by atoms with Gasteiger partial charge in [0, 0.05) is 39.4 Å². The highest BCUT2D eigenvalue weighted by Crippen LogP contribution is 2.25. The fourth-order valence-electron chi connectivity index (χ4n) is 3.53. The van der Waals surface area contributed by atoms with E-state index in [0.29, 0.717) is 43.4 Å². The number of hydrogen-bond donors (Lipinski definition) is 0. The lowest BCUT2D eigenvalue weighted by atomic mass is 10.2. The Morgan fingerprint density at radius 2 is 1.93 bits per heavy atom. The first-order valence-corrected chi connectivity index (χ1v) is 9.76. The van der Waals surface area contributed by atoms with Gasteiger partial charge in [0.05, 0.1) is 17.7 Å². The highest BCUT2D eigenvalue weighted by Gasteiger charge is 2.27. The SMILES string of the molecule is Cc1nc(N2CCN(C(=O)c3ncccc3OC(C)C)CC2)c2cnn(C)c2n1. The minimum Gasteiger partial charge on any atom is -0.489 e. The smallest absolute Gasteiger partial charge is 0.276 e. The molecule has 0 unspecified atom stereocenters. The van der Waals surface area contributed by atoms with Crippen LogP contribution in [-0.4, -0.2) is 67.8 Å². The van der Waals surface area contributed by atoms with Crippen molar-refractivity contribution < 1.29 is 9.53 Å². The van der Waals surface area contributed by atoms with E-state index in [4.69, 9.17) is 4.74 Å². The minimum atomic E-state index is -0.105. The summed E-state index contributed by atoms with van der Waals surface area (Å²) in [5.41, 5.74) is 1.18. The number of pyridine rings is 1. The summed E-state index contributed by atoms with van der Waals surface area (Å²) in [6.07, 6.45) is 3.40. The molecule has 3 aromatic rings. The third-order valence-electron chi connectivity index (χ3n) is 4.89. The molecule has 0 atom stereocenters. The second kappa shape index (κ2) is 7.65. The van der Waals surface area contributed by atoms with Crippen LogP contribution >= 0.6 is 0 Å². The number of carbonyl (C=O) groups is 1. The Morgan fingerprint density at radius 1 is 1.17 bits per heavy atom. The third-order valence-corrected chi connectivity index (χ3v) is 4.89. The van der Waals surface area contributed by atoms with E-state index in [1.165, 1.54) is 0 Å². The molecule has 1 aliphatic heterocycles. The first-order valence-electron chi connectivity index (χ1n) is 9.76. The predicted octanol–water partition coefficient (Wildman–Crippen LogP) is 1.82. The molecule has 0 bridgehead atoms. The average Bonchev–Trinajstić information content (AvgIpc) is 3.08. The number of hydrogen-bond acceptors (Lipinski definition) is 7. The fourth-order valence-corrected chi connectivity index (χ4v) is 3.53. The van der Waals surface area contributed by atoms with Crippen molar-refractivity contribution in [3.8, 4) is 5.75 Å². The molecule has 4 rings (SSSR count). The van der Waals surface area contributed by atoms with Gasteiger partial charge in [0.25, 0.3) is 5.91 Å². The van der Waals surface area contributed by atoms with Crippen LogP contribution < -0.4 is 9.64 Å². The topological polar surface area (TPSA) is 89.3 Å². The summed E-state index contributed by atoms with van der Waals surface area (Å²) in [4.78, 5) is 30.4. The molecule has 9 nitrogen and oxygen atoms in total. The number of aryl methyl sites for hydroxylation is 2. The number of fused-ring (bicyclic) bond motifs is 1. The quantitative estimate of drug-likeness (QED) is 0.666. The van der Waals surface area contributed by atoms with Crippen molar-refractivity contribution in [2.45, 2.75) is 26.9 Å². The minimum absolute atomic E-state index is 0.0227. The normalized spacial score (nSPS) is 14.7. The Labute approximate surface area is 169 Å². The summed E-state index contributed by atoms with van der Waals surface area (Å²) >= 11 is 0. The summed E-state index contributed by atoms with van der Waals surface area (Å²) in [6.45, 7) is 8.28. The van der Waals surface area contributed by atoms with Gasteiger partial charge in [-0.25, -0.2) is 15.0 Å². The zero-order chi connectivity index (χ0) is 20.5. The van der Waals surface area contributed by atoms with Gasteiger partial charge in [0.15, 0.2) is 17.1 Å². The fraction of sp³-hybridized carbons (Fsp3) is 0.450. The number of piperazine rings is 1. The molecule has 1 saturated heterocycles. The van der Waals surface area contributed by atoms with E-state index in [1.807, 2.05) is 32.7 Å². The lowest BCUT2D eigenvalue weighted by molar-refractivity contribution is 0.0734. The molecular weight excluding hydrogens is 370 g/mol. The van der Waals surface area contributed by atoms with Crippen molar-refractivity contribution in [1.82, 2.24) is 29.6 Å². The van der Waals surface area contributed by atoms with Crippen molar-refractivity contribution in [2.24, 2.45) is 7.05 Å². The Hall–Kier alpha value is -3.23. The molecule has 0 aromatic carbocycles. The van der Waals surface area contributed by atoms with Crippen LogP contribution in [0.1, 0.15) is 30.2 Å².